The average Bonchev–Trinajstić information content (AvgIpc) is 2.82. The number of anilines is 2. The molecule has 0 bridgehead atoms. The number of carbonyl (C=O) groups is 2. The fraction of sp³-hybridized carbons (Fsp3) is 0.250. The molecule has 2 heterocycles. The number of rotatable bonds is 10. The van der Waals surface area contributed by atoms with Gasteiger partial charge in [-0.05, 0) is 63.0 Å². The lowest BCUT2D eigenvalue weighted by atomic mass is 10.1. The van der Waals surface area contributed by atoms with E-state index < -0.39 is 21.7 Å². The third kappa shape index (κ3) is 7.48. The molecule has 2 N–H and O–H groups in total. The van der Waals surface area contributed by atoms with Crippen LogP contribution in [-0.2, 0) is 9.84 Å². The minimum atomic E-state index is -3.52. The number of hydrogen-bond donors (Lipinski definition) is 2. The summed E-state index contributed by atoms with van der Waals surface area (Å²) in [6.07, 6.45) is 4.55. The van der Waals surface area contributed by atoms with Crippen LogP contribution in [-0.4, -0.2) is 68.6 Å². The molecule has 2 amide bonds. The molecule has 0 fully saturated rings. The van der Waals surface area contributed by atoms with Crippen molar-refractivity contribution in [2.45, 2.75) is 11.3 Å². The highest BCUT2D eigenvalue weighted by Gasteiger charge is 2.20. The zero-order valence-electron chi connectivity index (χ0n) is 20.0. The summed E-state index contributed by atoms with van der Waals surface area (Å²) in [4.78, 5) is 36.1. The average molecular weight is 532 g/mol. The van der Waals surface area contributed by atoms with Crippen molar-refractivity contribution in [3.63, 3.8) is 0 Å². The normalized spacial score (nSPS) is 11.2. The third-order valence-electron chi connectivity index (χ3n) is 4.87. The van der Waals surface area contributed by atoms with Gasteiger partial charge in [-0.15, -0.1) is 0 Å². The topological polar surface area (TPSA) is 131 Å². The molecule has 0 aliphatic heterocycles. The van der Waals surface area contributed by atoms with Gasteiger partial charge in [-0.3, -0.25) is 9.59 Å². The van der Waals surface area contributed by atoms with Crippen LogP contribution in [0.4, 0.5) is 11.5 Å². The summed E-state index contributed by atoms with van der Waals surface area (Å²) in [5.74, 6) is -0.802. The Hall–Kier alpha value is -3.54. The molecule has 12 heteroatoms. The molecule has 0 unspecified atom stereocenters. The molecule has 0 spiro atoms. The Kier molecular flexibility index (Phi) is 8.97. The predicted octanol–water partition coefficient (Wildman–Crippen LogP) is 3.37. The van der Waals surface area contributed by atoms with Gasteiger partial charge in [0, 0.05) is 25.2 Å². The monoisotopic (exact) mass is 531 g/mol. The molecule has 3 aromatic rings. The van der Waals surface area contributed by atoms with Gasteiger partial charge in [0.1, 0.15) is 11.6 Å². The first kappa shape index (κ1) is 27.1. The zero-order chi connectivity index (χ0) is 26.3. The minimum absolute atomic E-state index is 0.0265. The molecule has 190 valence electrons. The quantitative estimate of drug-likeness (QED) is 0.381. The van der Waals surface area contributed by atoms with Crippen LogP contribution in [0.1, 0.15) is 27.3 Å². The van der Waals surface area contributed by atoms with E-state index in [0.29, 0.717) is 11.4 Å². The highest BCUT2D eigenvalue weighted by Crippen LogP contribution is 2.25. The number of sulfone groups is 1. The number of aromatic nitrogens is 2. The summed E-state index contributed by atoms with van der Waals surface area (Å²) < 4.78 is 29.9. The lowest BCUT2D eigenvalue weighted by Crippen LogP contribution is -2.21. The zero-order valence-corrected chi connectivity index (χ0v) is 21.6. The van der Waals surface area contributed by atoms with Gasteiger partial charge in [0.25, 0.3) is 11.8 Å². The minimum Gasteiger partial charge on any atom is -0.493 e. The smallest absolute Gasteiger partial charge is 0.277 e. The van der Waals surface area contributed by atoms with E-state index in [9.17, 15) is 18.0 Å². The van der Waals surface area contributed by atoms with Gasteiger partial charge in [-0.1, -0.05) is 11.6 Å². The number of nitrogens with one attached hydrogen (secondary N) is 2. The highest BCUT2D eigenvalue weighted by molar-refractivity contribution is 7.90. The molecule has 0 aliphatic carbocycles. The number of benzene rings is 1. The van der Waals surface area contributed by atoms with Crippen molar-refractivity contribution in [3.8, 4) is 5.75 Å². The maximum atomic E-state index is 13.2. The van der Waals surface area contributed by atoms with Gasteiger partial charge in [-0.25, -0.2) is 18.4 Å². The molecule has 0 saturated carbocycles. The lowest BCUT2D eigenvalue weighted by molar-refractivity contribution is 0.102. The van der Waals surface area contributed by atoms with Gasteiger partial charge < -0.3 is 20.3 Å². The van der Waals surface area contributed by atoms with Crippen LogP contribution in [0.2, 0.25) is 5.02 Å². The van der Waals surface area contributed by atoms with Crippen molar-refractivity contribution < 1.29 is 22.7 Å². The van der Waals surface area contributed by atoms with Crippen LogP contribution < -0.4 is 15.4 Å². The SMILES string of the molecule is CN(C)CCCOc1cc(S(C)(=O)=O)ccc1C(=O)Nc1cccnc1C(=O)Nc1ccc(Cl)cn1. The summed E-state index contributed by atoms with van der Waals surface area (Å²) in [6.45, 7) is 1.03. The number of amides is 2. The highest BCUT2D eigenvalue weighted by atomic mass is 35.5. The fourth-order valence-corrected chi connectivity index (χ4v) is 3.85. The van der Waals surface area contributed by atoms with Crippen molar-refractivity contribution in [3.05, 3.63) is 71.1 Å². The maximum Gasteiger partial charge on any atom is 0.277 e. The number of nitrogens with zero attached hydrogens (tertiary/aromatic N) is 3. The Balaban J connectivity index is 1.84. The molecule has 0 atom stereocenters. The largest absolute Gasteiger partial charge is 0.493 e. The van der Waals surface area contributed by atoms with E-state index in [1.165, 1.54) is 42.7 Å². The Morgan fingerprint density at radius 2 is 1.83 bits per heavy atom. The van der Waals surface area contributed by atoms with E-state index in [2.05, 4.69) is 20.6 Å². The molecule has 0 saturated heterocycles. The van der Waals surface area contributed by atoms with Gasteiger partial charge in [0.15, 0.2) is 15.5 Å². The van der Waals surface area contributed by atoms with Gasteiger partial charge in [-0.2, -0.15) is 0 Å². The Bertz CT molecular complexity index is 1350. The first-order chi connectivity index (χ1) is 17.0. The maximum absolute atomic E-state index is 13.2. The first-order valence-corrected chi connectivity index (χ1v) is 13.1. The Labute approximate surface area is 214 Å². The second-order valence-electron chi connectivity index (χ2n) is 8.10. The van der Waals surface area contributed by atoms with E-state index in [0.717, 1.165) is 12.8 Å². The van der Waals surface area contributed by atoms with Gasteiger partial charge in [0.05, 0.1) is 27.8 Å². The first-order valence-electron chi connectivity index (χ1n) is 10.9. The van der Waals surface area contributed by atoms with Gasteiger partial charge in [0.2, 0.25) is 0 Å². The molecule has 3 rings (SSSR count). The van der Waals surface area contributed by atoms with Crippen molar-refractivity contribution >= 4 is 44.8 Å². The molecule has 1 aromatic carbocycles. The summed E-state index contributed by atoms with van der Waals surface area (Å²) in [7, 11) is 0.331. The molecule has 36 heavy (non-hydrogen) atoms. The van der Waals surface area contributed by atoms with Crippen molar-refractivity contribution in [2.24, 2.45) is 0 Å². The fourth-order valence-electron chi connectivity index (χ4n) is 3.11. The second kappa shape index (κ2) is 11.9. The molecule has 2 aromatic heterocycles. The summed E-state index contributed by atoms with van der Waals surface area (Å²) >= 11 is 5.83. The molecular formula is C24H26ClN5O5S. The number of pyridine rings is 2. The number of ether oxygens (including phenoxy) is 1. The van der Waals surface area contributed by atoms with Gasteiger partial charge >= 0.3 is 0 Å². The Morgan fingerprint density at radius 1 is 1.06 bits per heavy atom. The second-order valence-corrected chi connectivity index (χ2v) is 10.6. The predicted molar refractivity (Wildman–Crippen MR) is 138 cm³/mol. The van der Waals surface area contributed by atoms with Crippen molar-refractivity contribution in [1.82, 2.24) is 14.9 Å². The number of halogens is 1. The summed E-state index contributed by atoms with van der Waals surface area (Å²) in [6, 6.07) is 10.2. The standard InChI is InChI=1S/C24H26ClN5O5S/c1-30(2)12-5-13-35-20-14-17(36(3,33)34)8-9-18(20)23(31)28-19-6-4-11-26-22(19)24(32)29-21-10-7-16(25)15-27-21/h4,6-11,14-15H,5,12-13H2,1-3H3,(H,28,31)(H,27,29,32). The number of carbonyl (C=O) groups excluding carboxylic acids is 2. The van der Waals surface area contributed by atoms with Crippen LogP contribution in [0.15, 0.2) is 59.8 Å². The Morgan fingerprint density at radius 3 is 2.50 bits per heavy atom. The van der Waals surface area contributed by atoms with E-state index in [1.54, 1.807) is 12.1 Å². The lowest BCUT2D eigenvalue weighted by Gasteiger charge is -2.15. The molecule has 0 radical (unpaired) electrons. The van der Waals surface area contributed by atoms with Crippen LogP contribution in [0.5, 0.6) is 5.75 Å². The van der Waals surface area contributed by atoms with E-state index in [1.807, 2.05) is 19.0 Å². The van der Waals surface area contributed by atoms with E-state index in [-0.39, 0.29) is 40.0 Å². The molecular weight excluding hydrogens is 506 g/mol. The summed E-state index contributed by atoms with van der Waals surface area (Å²) in [5, 5.41) is 5.69. The molecule has 0 aliphatic rings. The van der Waals surface area contributed by atoms with E-state index >= 15 is 0 Å². The third-order valence-corrected chi connectivity index (χ3v) is 6.21. The molecule has 10 nitrogen and oxygen atoms in total. The summed E-state index contributed by atoms with van der Waals surface area (Å²) in [5.41, 5.74) is 0.227. The van der Waals surface area contributed by atoms with Crippen LogP contribution >= 0.6 is 11.6 Å². The van der Waals surface area contributed by atoms with Crippen LogP contribution in [0.3, 0.4) is 0 Å². The van der Waals surface area contributed by atoms with Crippen molar-refractivity contribution in [2.75, 3.05) is 44.1 Å². The van der Waals surface area contributed by atoms with Crippen LogP contribution in [0, 0.1) is 0 Å². The van der Waals surface area contributed by atoms with Crippen LogP contribution in [0.25, 0.3) is 0 Å². The number of hydrogen-bond acceptors (Lipinski definition) is 8. The van der Waals surface area contributed by atoms with E-state index in [4.69, 9.17) is 16.3 Å². The van der Waals surface area contributed by atoms with Crippen molar-refractivity contribution in [1.29, 1.82) is 0 Å².